The Hall–Kier alpha value is -4.23. The van der Waals surface area contributed by atoms with Crippen molar-refractivity contribution in [3.05, 3.63) is 114 Å². The van der Waals surface area contributed by atoms with Crippen LogP contribution >= 0.6 is 0 Å². The summed E-state index contributed by atoms with van der Waals surface area (Å²) < 4.78 is 5.32. The van der Waals surface area contributed by atoms with Crippen LogP contribution in [-0.2, 0) is 21.9 Å². The van der Waals surface area contributed by atoms with Gasteiger partial charge in [0.05, 0.1) is 0 Å². The molecule has 7 heteroatoms. The fraction of sp³-hybridized carbons (Fsp3) is 0.115. The predicted octanol–water partition coefficient (Wildman–Crippen LogP) is 4.21. The lowest BCUT2D eigenvalue weighted by Crippen LogP contribution is -2.48. The lowest BCUT2D eigenvalue weighted by molar-refractivity contribution is -0.115. The number of aliphatic hydroxyl groups is 1. The zero-order chi connectivity index (χ0) is 23.4. The SMILES string of the molecule is C=C(CC1(O)c2ccccc2C(=O)N1C(=O)OCc1ccccc1)C(=O)Nc1ccccc1. The van der Waals surface area contributed by atoms with E-state index >= 15 is 0 Å². The third kappa shape index (κ3) is 4.40. The van der Waals surface area contributed by atoms with E-state index in [2.05, 4.69) is 11.9 Å². The Bertz CT molecular complexity index is 1210. The second-order valence-electron chi connectivity index (χ2n) is 7.64. The van der Waals surface area contributed by atoms with Crippen molar-refractivity contribution in [1.29, 1.82) is 0 Å². The van der Waals surface area contributed by atoms with E-state index in [0.29, 0.717) is 10.6 Å². The normalized spacial score (nSPS) is 16.8. The number of fused-ring (bicyclic) bond motifs is 1. The van der Waals surface area contributed by atoms with E-state index in [0.717, 1.165) is 5.56 Å². The Morgan fingerprint density at radius 3 is 2.24 bits per heavy atom. The van der Waals surface area contributed by atoms with E-state index in [9.17, 15) is 19.5 Å². The van der Waals surface area contributed by atoms with Crippen LogP contribution in [0.5, 0.6) is 0 Å². The number of para-hydroxylation sites is 1. The highest BCUT2D eigenvalue weighted by Crippen LogP contribution is 2.41. The molecule has 0 aliphatic carbocycles. The minimum Gasteiger partial charge on any atom is -0.444 e. The third-order valence-corrected chi connectivity index (χ3v) is 5.36. The van der Waals surface area contributed by atoms with Gasteiger partial charge in [0, 0.05) is 28.8 Å². The molecule has 3 aromatic carbocycles. The fourth-order valence-corrected chi connectivity index (χ4v) is 3.74. The molecular formula is C26H22N2O5. The first-order valence-electron chi connectivity index (χ1n) is 10.3. The number of nitrogens with zero attached hydrogens (tertiary/aromatic N) is 1. The van der Waals surface area contributed by atoms with Crippen molar-refractivity contribution in [2.75, 3.05) is 5.32 Å². The molecule has 2 N–H and O–H groups in total. The van der Waals surface area contributed by atoms with Crippen LogP contribution in [0.4, 0.5) is 10.5 Å². The molecule has 0 aromatic heterocycles. The Morgan fingerprint density at radius 1 is 0.939 bits per heavy atom. The highest BCUT2D eigenvalue weighted by Gasteiger charge is 2.53. The topological polar surface area (TPSA) is 95.9 Å². The minimum atomic E-state index is -2.12. The summed E-state index contributed by atoms with van der Waals surface area (Å²) in [5, 5.41) is 14.3. The van der Waals surface area contributed by atoms with Crippen molar-refractivity contribution in [1.82, 2.24) is 4.90 Å². The molecule has 0 saturated carbocycles. The van der Waals surface area contributed by atoms with Crippen LogP contribution in [0.2, 0.25) is 0 Å². The fourth-order valence-electron chi connectivity index (χ4n) is 3.74. The molecule has 0 fully saturated rings. The maximum absolute atomic E-state index is 13.0. The molecule has 166 valence electrons. The first-order chi connectivity index (χ1) is 15.9. The predicted molar refractivity (Wildman–Crippen MR) is 122 cm³/mol. The first kappa shape index (κ1) is 22.0. The van der Waals surface area contributed by atoms with Gasteiger partial charge >= 0.3 is 6.09 Å². The van der Waals surface area contributed by atoms with Crippen molar-refractivity contribution in [3.63, 3.8) is 0 Å². The maximum atomic E-state index is 13.0. The summed E-state index contributed by atoms with van der Waals surface area (Å²) in [5.41, 5.74) is -0.477. The molecule has 3 amide bonds. The lowest BCUT2D eigenvalue weighted by atomic mass is 9.94. The average Bonchev–Trinajstić information content (AvgIpc) is 3.05. The van der Waals surface area contributed by atoms with E-state index in [1.165, 1.54) is 6.07 Å². The van der Waals surface area contributed by atoms with Gasteiger partial charge in [-0.25, -0.2) is 9.69 Å². The summed E-state index contributed by atoms with van der Waals surface area (Å²) in [4.78, 5) is 39.3. The number of imide groups is 1. The highest BCUT2D eigenvalue weighted by atomic mass is 16.6. The molecule has 7 nitrogen and oxygen atoms in total. The van der Waals surface area contributed by atoms with Crippen LogP contribution in [0, 0.1) is 0 Å². The first-order valence-corrected chi connectivity index (χ1v) is 10.3. The van der Waals surface area contributed by atoms with Crippen LogP contribution in [0.3, 0.4) is 0 Å². The van der Waals surface area contributed by atoms with E-state index < -0.39 is 23.6 Å². The lowest BCUT2D eigenvalue weighted by Gasteiger charge is -2.32. The van der Waals surface area contributed by atoms with Crippen molar-refractivity contribution >= 4 is 23.6 Å². The smallest absolute Gasteiger partial charge is 0.419 e. The van der Waals surface area contributed by atoms with Gasteiger partial charge in [-0.2, -0.15) is 0 Å². The number of nitrogens with one attached hydrogen (secondary N) is 1. The second kappa shape index (κ2) is 9.10. The van der Waals surface area contributed by atoms with Gasteiger partial charge in [-0.05, 0) is 23.8 Å². The monoisotopic (exact) mass is 442 g/mol. The minimum absolute atomic E-state index is 0.00767. The summed E-state index contributed by atoms with van der Waals surface area (Å²) >= 11 is 0. The largest absolute Gasteiger partial charge is 0.444 e. The highest BCUT2D eigenvalue weighted by molar-refractivity contribution is 6.08. The average molecular weight is 442 g/mol. The molecule has 33 heavy (non-hydrogen) atoms. The van der Waals surface area contributed by atoms with Gasteiger partial charge in [0.15, 0.2) is 5.72 Å². The Morgan fingerprint density at radius 2 is 1.55 bits per heavy atom. The Kier molecular flexibility index (Phi) is 6.06. The zero-order valence-corrected chi connectivity index (χ0v) is 17.7. The van der Waals surface area contributed by atoms with Gasteiger partial charge in [-0.3, -0.25) is 9.59 Å². The standard InChI is InChI=1S/C26H22N2O5/c1-18(23(29)27-20-12-6-3-7-13-20)16-26(32)22-15-9-8-14-21(22)24(30)28(26)25(31)33-17-19-10-4-2-5-11-19/h2-15,32H,1,16-17H2,(H,27,29). The number of ether oxygens (including phenoxy) is 1. The van der Waals surface area contributed by atoms with Crippen molar-refractivity contribution in [3.8, 4) is 0 Å². The number of anilines is 1. The quantitative estimate of drug-likeness (QED) is 0.558. The maximum Gasteiger partial charge on any atom is 0.419 e. The van der Waals surface area contributed by atoms with Gasteiger partial charge in [0.25, 0.3) is 11.8 Å². The number of carbonyl (C=O) groups excluding carboxylic acids is 3. The number of hydrogen-bond acceptors (Lipinski definition) is 5. The molecule has 1 atom stereocenters. The number of rotatable bonds is 6. The molecule has 1 heterocycles. The van der Waals surface area contributed by atoms with Crippen LogP contribution in [-0.4, -0.2) is 27.9 Å². The molecule has 1 unspecified atom stereocenters. The second-order valence-corrected chi connectivity index (χ2v) is 7.64. The van der Waals surface area contributed by atoms with Gasteiger partial charge in [0.1, 0.15) is 6.61 Å². The molecule has 0 saturated heterocycles. The molecule has 0 radical (unpaired) electrons. The van der Waals surface area contributed by atoms with Crippen molar-refractivity contribution in [2.45, 2.75) is 18.8 Å². The van der Waals surface area contributed by atoms with E-state index in [1.807, 2.05) is 12.1 Å². The molecule has 1 aliphatic rings. The Labute approximate surface area is 190 Å². The van der Waals surface area contributed by atoms with E-state index in [4.69, 9.17) is 4.74 Å². The molecular weight excluding hydrogens is 420 g/mol. The van der Waals surface area contributed by atoms with Gasteiger partial charge in [0.2, 0.25) is 0 Å². The number of amides is 3. The van der Waals surface area contributed by atoms with Gasteiger partial charge < -0.3 is 15.2 Å². The van der Waals surface area contributed by atoms with Crippen LogP contribution < -0.4 is 5.32 Å². The number of benzene rings is 3. The van der Waals surface area contributed by atoms with E-state index in [1.54, 1.807) is 66.7 Å². The molecule has 0 spiro atoms. The Balaban J connectivity index is 1.57. The van der Waals surface area contributed by atoms with Crippen LogP contribution in [0.15, 0.2) is 97.1 Å². The van der Waals surface area contributed by atoms with Crippen LogP contribution in [0.1, 0.15) is 27.9 Å². The molecule has 4 rings (SSSR count). The number of hydrogen-bond donors (Lipinski definition) is 2. The number of carbonyl (C=O) groups is 3. The zero-order valence-electron chi connectivity index (χ0n) is 17.7. The third-order valence-electron chi connectivity index (χ3n) is 5.36. The van der Waals surface area contributed by atoms with Gasteiger partial charge in [-0.15, -0.1) is 0 Å². The summed E-state index contributed by atoms with van der Waals surface area (Å²) in [7, 11) is 0. The molecule has 0 bridgehead atoms. The molecule has 3 aromatic rings. The summed E-state index contributed by atoms with van der Waals surface area (Å²) in [6.45, 7) is 3.70. The van der Waals surface area contributed by atoms with Gasteiger partial charge in [-0.1, -0.05) is 73.3 Å². The summed E-state index contributed by atoms with van der Waals surface area (Å²) in [6, 6.07) is 24.1. The summed E-state index contributed by atoms with van der Waals surface area (Å²) in [5.74, 6) is -1.24. The van der Waals surface area contributed by atoms with Crippen molar-refractivity contribution in [2.24, 2.45) is 0 Å². The van der Waals surface area contributed by atoms with Crippen LogP contribution in [0.25, 0.3) is 0 Å². The summed E-state index contributed by atoms with van der Waals surface area (Å²) in [6.07, 6.45) is -1.40. The molecule has 1 aliphatic heterocycles. The van der Waals surface area contributed by atoms with E-state index in [-0.39, 0.29) is 29.7 Å². The van der Waals surface area contributed by atoms with Crippen molar-refractivity contribution < 1.29 is 24.2 Å².